The summed E-state index contributed by atoms with van der Waals surface area (Å²) in [6, 6.07) is 4.98. The van der Waals surface area contributed by atoms with Crippen LogP contribution in [0.15, 0.2) is 24.3 Å². The van der Waals surface area contributed by atoms with Crippen LogP contribution in [0.25, 0.3) is 0 Å². The number of likely N-dealkylation sites (tertiary alicyclic amines) is 1. The fourth-order valence-electron chi connectivity index (χ4n) is 1.87. The van der Waals surface area contributed by atoms with Crippen LogP contribution in [0.4, 0.5) is 0 Å². The van der Waals surface area contributed by atoms with Gasteiger partial charge in [-0.3, -0.25) is 14.5 Å². The molecular weight excluding hydrogens is 250 g/mol. The zero-order valence-electron chi connectivity index (χ0n) is 10.3. The molecule has 100 valence electrons. The molecule has 0 radical (unpaired) electrons. The highest BCUT2D eigenvalue weighted by atomic mass is 16.5. The quantitative estimate of drug-likeness (QED) is 0.496. The minimum absolute atomic E-state index is 0.00144. The van der Waals surface area contributed by atoms with Gasteiger partial charge in [-0.25, -0.2) is 4.79 Å². The number of para-hydroxylation sites is 2. The summed E-state index contributed by atoms with van der Waals surface area (Å²) in [4.78, 5) is 35.8. The summed E-state index contributed by atoms with van der Waals surface area (Å²) >= 11 is 0. The van der Waals surface area contributed by atoms with Gasteiger partial charge in [-0.2, -0.15) is 0 Å². The minimum Gasteiger partial charge on any atom is -0.504 e. The van der Waals surface area contributed by atoms with Crippen LogP contribution in [-0.4, -0.2) is 33.8 Å². The summed E-state index contributed by atoms with van der Waals surface area (Å²) in [5.74, 6) is -1.70. The molecule has 1 N–H and O–H groups in total. The molecule has 0 spiro atoms. The van der Waals surface area contributed by atoms with Crippen molar-refractivity contribution in [2.24, 2.45) is 0 Å². The van der Waals surface area contributed by atoms with Crippen LogP contribution in [0.3, 0.4) is 0 Å². The molecule has 1 unspecified atom stereocenters. The Morgan fingerprint density at radius 1 is 1.26 bits per heavy atom. The first-order valence-electron chi connectivity index (χ1n) is 5.85. The number of hydrogen-bond acceptors (Lipinski definition) is 5. The van der Waals surface area contributed by atoms with Crippen LogP contribution in [0.5, 0.6) is 11.5 Å². The van der Waals surface area contributed by atoms with E-state index < -0.39 is 12.0 Å². The van der Waals surface area contributed by atoms with E-state index in [1.807, 2.05) is 0 Å². The molecule has 0 aromatic heterocycles. The number of ether oxygens (including phenoxy) is 1. The number of phenols is 1. The first-order chi connectivity index (χ1) is 9.00. The number of benzene rings is 1. The van der Waals surface area contributed by atoms with E-state index in [1.165, 1.54) is 19.1 Å². The molecule has 6 nitrogen and oxygen atoms in total. The Bertz CT molecular complexity index is 524. The van der Waals surface area contributed by atoms with Crippen molar-refractivity contribution in [1.29, 1.82) is 0 Å². The number of phenolic OH excluding ortho intramolecular Hbond substituents is 1. The Kier molecular flexibility index (Phi) is 3.50. The molecule has 19 heavy (non-hydrogen) atoms. The largest absolute Gasteiger partial charge is 0.504 e. The SMILES string of the molecule is CC(C(=O)Oc1ccccc1O)N1C(=O)CCC1=O. The summed E-state index contributed by atoms with van der Waals surface area (Å²) in [5.41, 5.74) is 0. The number of hydrogen-bond donors (Lipinski definition) is 1. The van der Waals surface area contributed by atoms with Gasteiger partial charge in [0.2, 0.25) is 11.8 Å². The van der Waals surface area contributed by atoms with Crippen LogP contribution in [-0.2, 0) is 14.4 Å². The number of carbonyl (C=O) groups is 3. The molecule has 1 atom stereocenters. The highest BCUT2D eigenvalue weighted by Crippen LogP contribution is 2.25. The molecule has 0 bridgehead atoms. The first-order valence-corrected chi connectivity index (χ1v) is 5.85. The fourth-order valence-corrected chi connectivity index (χ4v) is 1.87. The van der Waals surface area contributed by atoms with E-state index in [2.05, 4.69) is 0 Å². The average Bonchev–Trinajstić information content (AvgIpc) is 2.71. The van der Waals surface area contributed by atoms with Gasteiger partial charge in [0, 0.05) is 12.8 Å². The molecule has 1 aliphatic heterocycles. The Hall–Kier alpha value is -2.37. The predicted octanol–water partition coefficient (Wildman–Crippen LogP) is 0.835. The Morgan fingerprint density at radius 2 is 1.84 bits per heavy atom. The summed E-state index contributed by atoms with van der Waals surface area (Å²) in [7, 11) is 0. The molecule has 1 aromatic rings. The van der Waals surface area contributed by atoms with Gasteiger partial charge in [0.05, 0.1) is 0 Å². The molecule has 1 aromatic carbocycles. The predicted molar refractivity (Wildman–Crippen MR) is 64.3 cm³/mol. The highest BCUT2D eigenvalue weighted by Gasteiger charge is 2.37. The van der Waals surface area contributed by atoms with Crippen molar-refractivity contribution in [1.82, 2.24) is 4.90 Å². The van der Waals surface area contributed by atoms with Gasteiger partial charge in [0.25, 0.3) is 0 Å². The summed E-state index contributed by atoms with van der Waals surface area (Å²) in [6.45, 7) is 1.42. The summed E-state index contributed by atoms with van der Waals surface area (Å²) < 4.78 is 4.98. The maximum absolute atomic E-state index is 11.9. The molecule has 6 heteroatoms. The molecule has 1 saturated heterocycles. The van der Waals surface area contributed by atoms with E-state index in [0.717, 1.165) is 4.90 Å². The second-order valence-corrected chi connectivity index (χ2v) is 4.22. The Balaban J connectivity index is 2.10. The molecule has 2 rings (SSSR count). The lowest BCUT2D eigenvalue weighted by Gasteiger charge is -2.20. The van der Waals surface area contributed by atoms with Crippen LogP contribution in [0, 0.1) is 0 Å². The molecular formula is C13H13NO5. The van der Waals surface area contributed by atoms with Crippen molar-refractivity contribution in [3.63, 3.8) is 0 Å². The van der Waals surface area contributed by atoms with Crippen LogP contribution < -0.4 is 4.74 Å². The van der Waals surface area contributed by atoms with Gasteiger partial charge >= 0.3 is 5.97 Å². The fraction of sp³-hybridized carbons (Fsp3) is 0.308. The maximum atomic E-state index is 11.9. The van der Waals surface area contributed by atoms with Crippen molar-refractivity contribution in [3.05, 3.63) is 24.3 Å². The van der Waals surface area contributed by atoms with E-state index >= 15 is 0 Å². The van der Waals surface area contributed by atoms with Gasteiger partial charge in [-0.1, -0.05) is 12.1 Å². The molecule has 1 heterocycles. The van der Waals surface area contributed by atoms with Gasteiger partial charge in [0.15, 0.2) is 11.5 Å². The number of carbonyl (C=O) groups excluding carboxylic acids is 3. The second-order valence-electron chi connectivity index (χ2n) is 4.22. The zero-order chi connectivity index (χ0) is 14.0. The van der Waals surface area contributed by atoms with E-state index in [4.69, 9.17) is 4.74 Å². The Morgan fingerprint density at radius 3 is 2.42 bits per heavy atom. The lowest BCUT2D eigenvalue weighted by molar-refractivity contribution is -0.151. The van der Waals surface area contributed by atoms with Crippen molar-refractivity contribution in [2.75, 3.05) is 0 Å². The van der Waals surface area contributed by atoms with Crippen molar-refractivity contribution in [2.45, 2.75) is 25.8 Å². The third-order valence-corrected chi connectivity index (χ3v) is 2.89. The number of rotatable bonds is 3. The standard InChI is InChI=1S/C13H13NO5/c1-8(14-11(16)6-7-12(14)17)13(18)19-10-5-3-2-4-9(10)15/h2-5,8,15H,6-7H2,1H3. The second kappa shape index (κ2) is 5.09. The number of esters is 1. The topological polar surface area (TPSA) is 83.9 Å². The molecule has 0 saturated carbocycles. The normalized spacial score (nSPS) is 16.6. The van der Waals surface area contributed by atoms with Crippen LogP contribution in [0.2, 0.25) is 0 Å². The molecule has 2 amide bonds. The van der Waals surface area contributed by atoms with E-state index in [9.17, 15) is 19.5 Å². The molecule has 1 fully saturated rings. The number of imide groups is 1. The summed E-state index contributed by atoms with van der Waals surface area (Å²) in [5, 5.41) is 9.49. The van der Waals surface area contributed by atoms with Gasteiger partial charge in [-0.05, 0) is 19.1 Å². The van der Waals surface area contributed by atoms with Crippen LogP contribution in [0.1, 0.15) is 19.8 Å². The number of nitrogens with zero attached hydrogens (tertiary/aromatic N) is 1. The van der Waals surface area contributed by atoms with Crippen molar-refractivity contribution in [3.8, 4) is 11.5 Å². The van der Waals surface area contributed by atoms with E-state index in [-0.39, 0.29) is 36.2 Å². The molecule has 1 aliphatic rings. The van der Waals surface area contributed by atoms with Gasteiger partial charge in [-0.15, -0.1) is 0 Å². The smallest absolute Gasteiger partial charge is 0.334 e. The first kappa shape index (κ1) is 13.1. The van der Waals surface area contributed by atoms with Gasteiger partial charge in [0.1, 0.15) is 6.04 Å². The maximum Gasteiger partial charge on any atom is 0.334 e. The monoisotopic (exact) mass is 263 g/mol. The summed E-state index contributed by atoms with van der Waals surface area (Å²) in [6.07, 6.45) is 0.236. The van der Waals surface area contributed by atoms with Crippen molar-refractivity contribution < 1.29 is 24.2 Å². The van der Waals surface area contributed by atoms with E-state index in [1.54, 1.807) is 12.1 Å². The lowest BCUT2D eigenvalue weighted by Crippen LogP contribution is -2.44. The lowest BCUT2D eigenvalue weighted by atomic mass is 10.3. The van der Waals surface area contributed by atoms with Crippen LogP contribution >= 0.6 is 0 Å². The number of amides is 2. The molecule has 0 aliphatic carbocycles. The third kappa shape index (κ3) is 2.57. The van der Waals surface area contributed by atoms with Gasteiger partial charge < -0.3 is 9.84 Å². The Labute approximate surface area is 109 Å². The third-order valence-electron chi connectivity index (χ3n) is 2.89. The van der Waals surface area contributed by atoms with Crippen molar-refractivity contribution >= 4 is 17.8 Å². The average molecular weight is 263 g/mol. The van der Waals surface area contributed by atoms with E-state index in [0.29, 0.717) is 0 Å². The highest BCUT2D eigenvalue weighted by molar-refractivity contribution is 6.05. The zero-order valence-corrected chi connectivity index (χ0v) is 10.3. The number of aromatic hydroxyl groups is 1. The minimum atomic E-state index is -0.998.